The van der Waals surface area contributed by atoms with E-state index >= 15 is 0 Å². The van der Waals surface area contributed by atoms with Crippen LogP contribution in [0.5, 0.6) is 0 Å². The molecule has 0 spiro atoms. The number of rotatable bonds is 3. The van der Waals surface area contributed by atoms with Crippen LogP contribution in [0.25, 0.3) is 5.57 Å². The molecule has 2 heterocycles. The van der Waals surface area contributed by atoms with E-state index in [0.29, 0.717) is 5.61 Å². The molecule has 22 heavy (non-hydrogen) atoms. The highest BCUT2D eigenvalue weighted by Crippen LogP contribution is 2.37. The maximum atomic E-state index is 8.16. The Bertz CT molecular complexity index is 545. The highest BCUT2D eigenvalue weighted by atomic mass is 16.7. The lowest BCUT2D eigenvalue weighted by Crippen LogP contribution is -2.41. The molecule has 1 aromatic rings. The summed E-state index contributed by atoms with van der Waals surface area (Å²) in [6, 6.07) is 0. The lowest BCUT2D eigenvalue weighted by molar-refractivity contribution is 0.00578. The van der Waals surface area contributed by atoms with Crippen LogP contribution >= 0.6 is 0 Å². The van der Waals surface area contributed by atoms with E-state index in [-0.39, 0.29) is 0 Å². The fourth-order valence-electron chi connectivity index (χ4n) is 1.95. The normalized spacial score (nSPS) is 19.6. The van der Waals surface area contributed by atoms with Crippen LogP contribution in [-0.2, 0) is 9.31 Å². The Kier molecular flexibility index (Phi) is 5.76. The highest BCUT2D eigenvalue weighted by molar-refractivity contribution is 6.84. The van der Waals surface area contributed by atoms with Crippen LogP contribution in [0.1, 0.15) is 60.0 Å². The average Bonchev–Trinajstić information content (AvgIpc) is 2.94. The van der Waals surface area contributed by atoms with Crippen LogP contribution in [0.3, 0.4) is 0 Å². The summed E-state index contributed by atoms with van der Waals surface area (Å²) in [5, 5.41) is 8.16. The largest absolute Gasteiger partial charge is 0.513 e. The van der Waals surface area contributed by atoms with E-state index in [1.807, 2.05) is 55.4 Å². The van der Waals surface area contributed by atoms with Gasteiger partial charge in [-0.15, -0.1) is 0 Å². The number of imidazole rings is 1. The smallest absolute Gasteiger partial charge is 0.398 e. The van der Waals surface area contributed by atoms with E-state index < -0.39 is 18.3 Å². The van der Waals surface area contributed by atoms with Crippen molar-refractivity contribution in [1.82, 2.24) is 9.97 Å². The second kappa shape index (κ2) is 6.79. The van der Waals surface area contributed by atoms with Crippen LogP contribution < -0.4 is 0 Å². The van der Waals surface area contributed by atoms with Gasteiger partial charge in [0, 0.05) is 11.9 Å². The molecule has 1 aliphatic rings. The molecule has 5 nitrogen and oxygen atoms in total. The number of hydrogen-bond acceptors (Lipinski definition) is 4. The Morgan fingerprint density at radius 3 is 2.14 bits per heavy atom. The van der Waals surface area contributed by atoms with Gasteiger partial charge in [0.1, 0.15) is 5.82 Å². The molecule has 0 amide bonds. The van der Waals surface area contributed by atoms with Crippen LogP contribution in [0.15, 0.2) is 12.3 Å². The number of aromatic nitrogens is 2. The molecule has 0 aromatic carbocycles. The molecule has 1 aliphatic heterocycles. The van der Waals surface area contributed by atoms with Crippen molar-refractivity contribution >= 4 is 18.3 Å². The van der Waals surface area contributed by atoms with Gasteiger partial charge in [-0.1, -0.05) is 13.8 Å². The SMILES string of the molecule is C/C(=C/C(=N)B1OC(C)(C)C(C)(C)O1)c1ncc(C)[nH]1.CC. The zero-order valence-corrected chi connectivity index (χ0v) is 15.0. The van der Waals surface area contributed by atoms with Crippen molar-refractivity contribution in [3.63, 3.8) is 0 Å². The van der Waals surface area contributed by atoms with Gasteiger partial charge in [0.25, 0.3) is 0 Å². The van der Waals surface area contributed by atoms with Gasteiger partial charge in [-0.05, 0) is 53.2 Å². The van der Waals surface area contributed by atoms with Crippen LogP contribution in [0.2, 0.25) is 0 Å². The van der Waals surface area contributed by atoms with Gasteiger partial charge in [0.05, 0.1) is 16.8 Å². The molecule has 0 radical (unpaired) electrons. The lowest BCUT2D eigenvalue weighted by Gasteiger charge is -2.32. The first-order valence-corrected chi connectivity index (χ1v) is 7.77. The minimum atomic E-state index is -0.633. The first-order chi connectivity index (χ1) is 10.1. The second-order valence-electron chi connectivity index (χ2n) is 6.29. The molecule has 122 valence electrons. The predicted molar refractivity (Wildman–Crippen MR) is 92.1 cm³/mol. The second-order valence-corrected chi connectivity index (χ2v) is 6.29. The minimum absolute atomic E-state index is 0.301. The van der Waals surface area contributed by atoms with Crippen molar-refractivity contribution < 1.29 is 9.31 Å². The number of aromatic amines is 1. The maximum absolute atomic E-state index is 8.16. The van der Waals surface area contributed by atoms with Gasteiger partial charge < -0.3 is 19.7 Å². The maximum Gasteiger partial charge on any atom is 0.513 e. The third-order valence-electron chi connectivity index (χ3n) is 3.96. The standard InChI is InChI=1S/C14H22BN3O2.C2H6/c1-9(12-17-8-10(2)18-12)7-11(16)15-19-13(3,4)14(5,6)20-15;1-2/h7-8,16H,1-6H3,(H,17,18);1-2H3/b9-7-,16-11?;. The van der Waals surface area contributed by atoms with E-state index in [1.165, 1.54) is 0 Å². The Labute approximate surface area is 134 Å². The number of nitrogens with zero attached hydrogens (tertiary/aromatic N) is 1. The van der Waals surface area contributed by atoms with Gasteiger partial charge in [-0.3, -0.25) is 0 Å². The topological polar surface area (TPSA) is 71.0 Å². The Morgan fingerprint density at radius 1 is 1.23 bits per heavy atom. The molecule has 0 atom stereocenters. The summed E-state index contributed by atoms with van der Waals surface area (Å²) in [6.45, 7) is 15.8. The monoisotopic (exact) mass is 305 g/mol. The van der Waals surface area contributed by atoms with E-state index in [2.05, 4.69) is 9.97 Å². The molecule has 1 aromatic heterocycles. The molecule has 2 N–H and O–H groups in total. The molecule has 0 unspecified atom stereocenters. The molecule has 6 heteroatoms. The van der Waals surface area contributed by atoms with Crippen molar-refractivity contribution in [3.8, 4) is 0 Å². The molecular weight excluding hydrogens is 277 g/mol. The molecular formula is C16H28BN3O2. The summed E-state index contributed by atoms with van der Waals surface area (Å²) in [7, 11) is -0.633. The van der Waals surface area contributed by atoms with Crippen LogP contribution in [0, 0.1) is 12.3 Å². The quantitative estimate of drug-likeness (QED) is 0.659. The Morgan fingerprint density at radius 2 is 1.73 bits per heavy atom. The van der Waals surface area contributed by atoms with E-state index in [1.54, 1.807) is 12.3 Å². The molecule has 0 saturated carbocycles. The van der Waals surface area contributed by atoms with Gasteiger partial charge >= 0.3 is 7.12 Å². The number of nitrogens with one attached hydrogen (secondary N) is 2. The zero-order valence-electron chi connectivity index (χ0n) is 15.0. The summed E-state index contributed by atoms with van der Waals surface area (Å²) >= 11 is 0. The van der Waals surface area contributed by atoms with Crippen molar-refractivity contribution in [3.05, 3.63) is 23.8 Å². The summed E-state index contributed by atoms with van der Waals surface area (Å²) in [5.74, 6) is 0.767. The third kappa shape index (κ3) is 3.87. The van der Waals surface area contributed by atoms with Crippen molar-refractivity contribution in [2.75, 3.05) is 0 Å². The minimum Gasteiger partial charge on any atom is -0.398 e. The first-order valence-electron chi connectivity index (χ1n) is 7.77. The number of hydrogen-bond donors (Lipinski definition) is 2. The fourth-order valence-corrected chi connectivity index (χ4v) is 1.95. The van der Waals surface area contributed by atoms with Crippen molar-refractivity contribution in [1.29, 1.82) is 5.41 Å². The fraction of sp³-hybridized carbons (Fsp3) is 0.625. The lowest BCUT2D eigenvalue weighted by atomic mass is 9.81. The predicted octanol–water partition coefficient (Wildman–Crippen LogP) is 3.80. The van der Waals surface area contributed by atoms with Gasteiger partial charge in [0.2, 0.25) is 0 Å². The molecule has 0 bridgehead atoms. The van der Waals surface area contributed by atoms with Crippen molar-refractivity contribution in [2.24, 2.45) is 0 Å². The van der Waals surface area contributed by atoms with E-state index in [9.17, 15) is 0 Å². The zero-order chi connectivity index (χ0) is 17.1. The summed E-state index contributed by atoms with van der Waals surface area (Å²) in [6.07, 6.45) is 3.51. The van der Waals surface area contributed by atoms with Gasteiger partial charge in [-0.25, -0.2) is 4.98 Å². The molecule has 1 saturated heterocycles. The Hall–Kier alpha value is -1.40. The first kappa shape index (κ1) is 18.7. The summed E-state index contributed by atoms with van der Waals surface area (Å²) < 4.78 is 11.7. The molecule has 2 rings (SSSR count). The van der Waals surface area contributed by atoms with E-state index in [0.717, 1.165) is 17.1 Å². The van der Waals surface area contributed by atoms with E-state index in [4.69, 9.17) is 14.7 Å². The number of aryl methyl sites for hydroxylation is 1. The highest BCUT2D eigenvalue weighted by Gasteiger charge is 2.52. The van der Waals surface area contributed by atoms with Crippen LogP contribution in [-0.4, -0.2) is 33.9 Å². The summed E-state index contributed by atoms with van der Waals surface area (Å²) in [4.78, 5) is 7.40. The van der Waals surface area contributed by atoms with Crippen molar-refractivity contribution in [2.45, 2.75) is 66.6 Å². The van der Waals surface area contributed by atoms with Crippen LogP contribution in [0.4, 0.5) is 0 Å². The molecule has 0 aliphatic carbocycles. The number of allylic oxidation sites excluding steroid dienone is 2. The Balaban J connectivity index is 0.00000116. The summed E-state index contributed by atoms with van der Waals surface area (Å²) in [5.41, 5.74) is 1.34. The molecule has 1 fully saturated rings. The average molecular weight is 305 g/mol. The third-order valence-corrected chi connectivity index (χ3v) is 3.96. The van der Waals surface area contributed by atoms with Gasteiger partial charge in [-0.2, -0.15) is 0 Å². The number of H-pyrrole nitrogens is 1. The van der Waals surface area contributed by atoms with Gasteiger partial charge in [0.15, 0.2) is 0 Å².